The summed E-state index contributed by atoms with van der Waals surface area (Å²) in [5.41, 5.74) is 17.9. The molecule has 0 saturated heterocycles. The first-order valence-electron chi connectivity index (χ1n) is 7.68. The molecule has 132 valence electrons. The number of pyridine rings is 1. The molecular formula is C16H18FN5O2S. The Hall–Kier alpha value is -2.68. The Morgan fingerprint density at radius 2 is 2.20 bits per heavy atom. The van der Waals surface area contributed by atoms with Crippen molar-refractivity contribution in [2.24, 2.45) is 10.9 Å². The minimum absolute atomic E-state index is 0.0848. The molecular weight excluding hydrogens is 345 g/mol. The van der Waals surface area contributed by atoms with Gasteiger partial charge in [-0.15, -0.1) is 11.3 Å². The van der Waals surface area contributed by atoms with Crippen molar-refractivity contribution in [1.29, 1.82) is 0 Å². The summed E-state index contributed by atoms with van der Waals surface area (Å²) in [6.45, 7) is 1.75. The van der Waals surface area contributed by atoms with E-state index in [0.29, 0.717) is 22.7 Å². The van der Waals surface area contributed by atoms with E-state index in [2.05, 4.69) is 10.1 Å². The third kappa shape index (κ3) is 3.02. The van der Waals surface area contributed by atoms with Gasteiger partial charge in [-0.2, -0.15) is 4.39 Å². The molecule has 1 aliphatic rings. The number of carbonyl (C=O) groups is 1. The quantitative estimate of drug-likeness (QED) is 0.251. The van der Waals surface area contributed by atoms with E-state index in [1.54, 1.807) is 6.92 Å². The zero-order chi connectivity index (χ0) is 18.2. The van der Waals surface area contributed by atoms with Gasteiger partial charge in [-0.25, -0.2) is 9.78 Å². The zero-order valence-corrected chi connectivity index (χ0v) is 14.4. The lowest BCUT2D eigenvalue weighted by atomic mass is 9.73. The Labute approximate surface area is 147 Å². The number of halogens is 1. The Kier molecular flexibility index (Phi) is 4.34. The molecule has 2 heterocycles. The van der Waals surface area contributed by atoms with E-state index >= 15 is 0 Å². The number of oxime groups is 1. The minimum Gasteiger partial charge on any atom is -0.396 e. The van der Waals surface area contributed by atoms with Crippen molar-refractivity contribution in [3.05, 3.63) is 40.3 Å². The van der Waals surface area contributed by atoms with Crippen LogP contribution in [0.4, 0.5) is 15.1 Å². The molecule has 0 bridgehead atoms. The first-order chi connectivity index (χ1) is 11.8. The summed E-state index contributed by atoms with van der Waals surface area (Å²) in [6.07, 6.45) is 2.19. The molecule has 2 aromatic rings. The maximum Gasteiger partial charge on any atom is 0.345 e. The predicted octanol–water partition coefficient (Wildman–Crippen LogP) is 1.90. The highest BCUT2D eigenvalue weighted by atomic mass is 32.1. The Morgan fingerprint density at radius 3 is 2.92 bits per heavy atom. The van der Waals surface area contributed by atoms with Crippen LogP contribution in [0.25, 0.3) is 0 Å². The third-order valence-corrected chi connectivity index (χ3v) is 5.43. The van der Waals surface area contributed by atoms with Crippen LogP contribution < -0.4 is 17.2 Å². The van der Waals surface area contributed by atoms with Gasteiger partial charge in [0.2, 0.25) is 5.95 Å². The van der Waals surface area contributed by atoms with Gasteiger partial charge in [-0.1, -0.05) is 11.2 Å². The second-order valence-electron chi connectivity index (χ2n) is 6.06. The smallest absolute Gasteiger partial charge is 0.345 e. The SMILES string of the molecule is C[C@]1(C(=O)O/N=C(\N)c2cccc(F)n2)CCCc2sc(N)c(N)c21. The summed E-state index contributed by atoms with van der Waals surface area (Å²) in [6, 6.07) is 4.08. The molecule has 1 atom stereocenters. The van der Waals surface area contributed by atoms with Crippen molar-refractivity contribution in [3.8, 4) is 0 Å². The second kappa shape index (κ2) is 6.32. The molecule has 3 rings (SSSR count). The van der Waals surface area contributed by atoms with Crippen molar-refractivity contribution >= 4 is 33.8 Å². The fourth-order valence-electron chi connectivity index (χ4n) is 3.01. The molecule has 0 spiro atoms. The van der Waals surface area contributed by atoms with Crippen LogP contribution in [0.5, 0.6) is 0 Å². The van der Waals surface area contributed by atoms with E-state index in [1.165, 1.54) is 29.5 Å². The maximum atomic E-state index is 13.1. The monoisotopic (exact) mass is 363 g/mol. The largest absolute Gasteiger partial charge is 0.396 e. The number of hydrogen-bond donors (Lipinski definition) is 3. The molecule has 7 nitrogen and oxygen atoms in total. The number of nitrogens with two attached hydrogens (primary N) is 3. The average Bonchev–Trinajstić information content (AvgIpc) is 2.88. The lowest BCUT2D eigenvalue weighted by Gasteiger charge is -2.31. The van der Waals surface area contributed by atoms with E-state index in [4.69, 9.17) is 22.0 Å². The number of rotatable bonds is 3. The van der Waals surface area contributed by atoms with E-state index in [9.17, 15) is 9.18 Å². The number of anilines is 2. The van der Waals surface area contributed by atoms with Crippen molar-refractivity contribution in [1.82, 2.24) is 4.98 Å². The molecule has 0 saturated carbocycles. The molecule has 0 aromatic carbocycles. The highest BCUT2D eigenvalue weighted by molar-refractivity contribution is 7.16. The van der Waals surface area contributed by atoms with Crippen molar-refractivity contribution in [2.45, 2.75) is 31.6 Å². The molecule has 6 N–H and O–H groups in total. The van der Waals surface area contributed by atoms with Crippen LogP contribution in [0.2, 0.25) is 0 Å². The third-order valence-electron chi connectivity index (χ3n) is 4.33. The Bertz CT molecular complexity index is 866. The number of thiophene rings is 1. The van der Waals surface area contributed by atoms with Gasteiger partial charge in [0, 0.05) is 10.4 Å². The van der Waals surface area contributed by atoms with E-state index in [1.807, 2.05) is 0 Å². The lowest BCUT2D eigenvalue weighted by molar-refractivity contribution is -0.150. The van der Waals surface area contributed by atoms with Crippen LogP contribution in [0.1, 0.15) is 35.9 Å². The van der Waals surface area contributed by atoms with Crippen LogP contribution in [-0.2, 0) is 21.5 Å². The number of aromatic nitrogens is 1. The molecule has 0 fully saturated rings. The number of nitrogen functional groups attached to an aromatic ring is 2. The first-order valence-corrected chi connectivity index (χ1v) is 8.49. The van der Waals surface area contributed by atoms with Gasteiger partial charge in [-0.05, 0) is 38.3 Å². The Morgan fingerprint density at radius 1 is 1.44 bits per heavy atom. The molecule has 0 aliphatic heterocycles. The summed E-state index contributed by atoms with van der Waals surface area (Å²) in [5, 5.41) is 4.11. The summed E-state index contributed by atoms with van der Waals surface area (Å²) in [4.78, 5) is 22.3. The average molecular weight is 363 g/mol. The van der Waals surface area contributed by atoms with Gasteiger partial charge in [-0.3, -0.25) is 0 Å². The molecule has 0 radical (unpaired) electrons. The fourth-order valence-corrected chi connectivity index (χ4v) is 4.17. The summed E-state index contributed by atoms with van der Waals surface area (Å²) in [5.74, 6) is -1.48. The Balaban J connectivity index is 1.86. The maximum absolute atomic E-state index is 13.1. The van der Waals surface area contributed by atoms with Gasteiger partial charge >= 0.3 is 5.97 Å². The molecule has 0 amide bonds. The molecule has 25 heavy (non-hydrogen) atoms. The first kappa shape index (κ1) is 17.2. The van der Waals surface area contributed by atoms with Crippen LogP contribution >= 0.6 is 11.3 Å². The number of amidine groups is 1. The van der Waals surface area contributed by atoms with Gasteiger partial charge in [0.15, 0.2) is 5.84 Å². The molecule has 9 heteroatoms. The number of hydrogen-bond acceptors (Lipinski definition) is 7. The highest BCUT2D eigenvalue weighted by Crippen LogP contribution is 2.47. The van der Waals surface area contributed by atoms with Crippen LogP contribution in [-0.4, -0.2) is 16.8 Å². The normalized spacial score (nSPS) is 20.2. The summed E-state index contributed by atoms with van der Waals surface area (Å²) < 4.78 is 13.1. The lowest BCUT2D eigenvalue weighted by Crippen LogP contribution is -2.37. The van der Waals surface area contributed by atoms with E-state index in [-0.39, 0.29) is 11.5 Å². The second-order valence-corrected chi connectivity index (χ2v) is 7.20. The number of carbonyl (C=O) groups excluding carboxylic acids is 1. The van der Waals surface area contributed by atoms with Crippen LogP contribution in [0.3, 0.4) is 0 Å². The van der Waals surface area contributed by atoms with Crippen LogP contribution in [0.15, 0.2) is 23.4 Å². The van der Waals surface area contributed by atoms with Gasteiger partial charge < -0.3 is 22.0 Å². The number of fused-ring (bicyclic) bond motifs is 1. The topological polar surface area (TPSA) is 130 Å². The van der Waals surface area contributed by atoms with Crippen molar-refractivity contribution < 1.29 is 14.0 Å². The number of nitrogens with zero attached hydrogens (tertiary/aromatic N) is 2. The summed E-state index contributed by atoms with van der Waals surface area (Å²) in [7, 11) is 0. The minimum atomic E-state index is -0.953. The van der Waals surface area contributed by atoms with Gasteiger partial charge in [0.1, 0.15) is 10.7 Å². The van der Waals surface area contributed by atoms with Gasteiger partial charge in [0.05, 0.1) is 11.1 Å². The van der Waals surface area contributed by atoms with E-state index in [0.717, 1.165) is 17.7 Å². The molecule has 1 aliphatic carbocycles. The highest BCUT2D eigenvalue weighted by Gasteiger charge is 2.44. The van der Waals surface area contributed by atoms with Crippen molar-refractivity contribution in [3.63, 3.8) is 0 Å². The molecule has 0 unspecified atom stereocenters. The van der Waals surface area contributed by atoms with Gasteiger partial charge in [0.25, 0.3) is 0 Å². The summed E-state index contributed by atoms with van der Waals surface area (Å²) >= 11 is 1.39. The predicted molar refractivity (Wildman–Crippen MR) is 94.4 cm³/mol. The fraction of sp³-hybridized carbons (Fsp3) is 0.312. The van der Waals surface area contributed by atoms with E-state index < -0.39 is 17.3 Å². The standard InChI is InChI=1S/C16H18FN5O2S/c1-16(7-3-5-9-11(16)12(18)14(20)25-9)15(23)24-22-13(19)8-4-2-6-10(17)21-8/h2,4,6H,3,5,7,18,20H2,1H3,(H2,19,22)/t16-/m0/s1. The van der Waals surface area contributed by atoms with Crippen molar-refractivity contribution in [2.75, 3.05) is 11.5 Å². The zero-order valence-electron chi connectivity index (χ0n) is 13.6. The van der Waals surface area contributed by atoms with Crippen LogP contribution in [0, 0.1) is 5.95 Å². The number of aryl methyl sites for hydroxylation is 1. The molecule has 2 aromatic heterocycles.